The Labute approximate surface area is 70.3 Å². The first-order valence-electron chi connectivity index (χ1n) is 3.74. The van der Waals surface area contributed by atoms with Gasteiger partial charge >= 0.3 is 0 Å². The van der Waals surface area contributed by atoms with E-state index in [1.165, 1.54) is 0 Å². The molecule has 0 aliphatic carbocycles. The summed E-state index contributed by atoms with van der Waals surface area (Å²) in [5.74, 6) is 0.440. The van der Waals surface area contributed by atoms with Gasteiger partial charge in [-0.25, -0.2) is 0 Å². The van der Waals surface area contributed by atoms with Crippen molar-refractivity contribution in [2.24, 2.45) is 5.73 Å². The van der Waals surface area contributed by atoms with Gasteiger partial charge in [0.1, 0.15) is 0 Å². The molecule has 1 amide bonds. The molecule has 1 rings (SSSR count). The molecule has 0 unspecified atom stereocenters. The van der Waals surface area contributed by atoms with E-state index in [0.717, 1.165) is 5.69 Å². The molecular weight excluding hydrogens is 156 g/mol. The van der Waals surface area contributed by atoms with E-state index in [1.807, 2.05) is 6.92 Å². The van der Waals surface area contributed by atoms with Crippen molar-refractivity contribution in [2.75, 3.05) is 11.9 Å². The third-order valence-electron chi connectivity index (χ3n) is 1.34. The zero-order chi connectivity index (χ0) is 8.97. The number of aromatic amines is 1. The average Bonchev–Trinajstić information content (AvgIpc) is 2.36. The summed E-state index contributed by atoms with van der Waals surface area (Å²) in [4.78, 5) is 11.0. The fraction of sp³-hybridized carbons (Fsp3) is 0.429. The zero-order valence-electron chi connectivity index (χ0n) is 6.92. The predicted molar refractivity (Wildman–Crippen MR) is 45.6 cm³/mol. The number of aryl methyl sites for hydroxylation is 1. The minimum absolute atomic E-state index is 0.107. The molecule has 0 atom stereocenters. The predicted octanol–water partition coefficient (Wildman–Crippen LogP) is 0.00542. The lowest BCUT2D eigenvalue weighted by molar-refractivity contribution is -0.116. The highest BCUT2D eigenvalue weighted by molar-refractivity contribution is 5.89. The van der Waals surface area contributed by atoms with Crippen LogP contribution >= 0.6 is 0 Å². The van der Waals surface area contributed by atoms with E-state index in [2.05, 4.69) is 15.5 Å². The topological polar surface area (TPSA) is 83.8 Å². The Bertz CT molecular complexity index is 268. The maximum absolute atomic E-state index is 11.0. The number of aromatic nitrogens is 2. The molecule has 5 heteroatoms. The number of hydrogen-bond donors (Lipinski definition) is 3. The van der Waals surface area contributed by atoms with Gasteiger partial charge in [-0.05, 0) is 6.92 Å². The van der Waals surface area contributed by atoms with E-state index in [0.29, 0.717) is 18.8 Å². The molecule has 0 radical (unpaired) electrons. The van der Waals surface area contributed by atoms with Crippen LogP contribution < -0.4 is 11.1 Å². The number of carbonyl (C=O) groups excluding carboxylic acids is 1. The summed E-state index contributed by atoms with van der Waals surface area (Å²) in [5.41, 5.74) is 6.11. The van der Waals surface area contributed by atoms with Crippen LogP contribution in [0, 0.1) is 6.92 Å². The Hall–Kier alpha value is -1.36. The number of anilines is 1. The van der Waals surface area contributed by atoms with Gasteiger partial charge in [0.25, 0.3) is 0 Å². The standard InChI is InChI=1S/C7H12N4O/c1-5-4-6(11-10-5)9-7(12)2-3-8/h4H,2-3,8H2,1H3,(H2,9,10,11,12). The van der Waals surface area contributed by atoms with Gasteiger partial charge in [0, 0.05) is 24.7 Å². The van der Waals surface area contributed by atoms with Crippen LogP contribution in [-0.4, -0.2) is 22.6 Å². The van der Waals surface area contributed by atoms with Crippen LogP contribution in [0.2, 0.25) is 0 Å². The summed E-state index contributed by atoms with van der Waals surface area (Å²) < 4.78 is 0. The molecule has 0 saturated carbocycles. The highest BCUT2D eigenvalue weighted by Gasteiger charge is 2.02. The van der Waals surface area contributed by atoms with Crippen molar-refractivity contribution < 1.29 is 4.79 Å². The SMILES string of the molecule is Cc1cc(NC(=O)CCN)n[nH]1. The van der Waals surface area contributed by atoms with Crippen LogP contribution in [0.3, 0.4) is 0 Å². The molecule has 0 fully saturated rings. The van der Waals surface area contributed by atoms with E-state index in [9.17, 15) is 4.79 Å². The van der Waals surface area contributed by atoms with Crippen LogP contribution in [0.25, 0.3) is 0 Å². The van der Waals surface area contributed by atoms with Gasteiger partial charge in [-0.3, -0.25) is 9.89 Å². The first-order chi connectivity index (χ1) is 5.72. The van der Waals surface area contributed by atoms with Crippen molar-refractivity contribution in [1.82, 2.24) is 10.2 Å². The van der Waals surface area contributed by atoms with Crippen molar-refractivity contribution >= 4 is 11.7 Å². The van der Waals surface area contributed by atoms with E-state index in [-0.39, 0.29) is 5.91 Å². The van der Waals surface area contributed by atoms with E-state index < -0.39 is 0 Å². The largest absolute Gasteiger partial charge is 0.330 e. The Morgan fingerprint density at radius 1 is 1.83 bits per heavy atom. The Kier molecular flexibility index (Phi) is 2.82. The van der Waals surface area contributed by atoms with Crippen LogP contribution in [-0.2, 0) is 4.79 Å². The highest BCUT2D eigenvalue weighted by atomic mass is 16.1. The van der Waals surface area contributed by atoms with E-state index in [1.54, 1.807) is 6.07 Å². The second-order valence-electron chi connectivity index (χ2n) is 2.52. The first-order valence-corrected chi connectivity index (χ1v) is 3.74. The number of nitrogens with one attached hydrogen (secondary N) is 2. The van der Waals surface area contributed by atoms with Crippen LogP contribution in [0.1, 0.15) is 12.1 Å². The van der Waals surface area contributed by atoms with Gasteiger partial charge in [-0.2, -0.15) is 5.10 Å². The van der Waals surface area contributed by atoms with Crippen molar-refractivity contribution in [2.45, 2.75) is 13.3 Å². The molecule has 0 bridgehead atoms. The minimum atomic E-state index is -0.107. The van der Waals surface area contributed by atoms with Crippen LogP contribution in [0.5, 0.6) is 0 Å². The lowest BCUT2D eigenvalue weighted by Gasteiger charge is -1.97. The second-order valence-corrected chi connectivity index (χ2v) is 2.52. The Morgan fingerprint density at radius 2 is 2.58 bits per heavy atom. The molecular formula is C7H12N4O. The second kappa shape index (κ2) is 3.87. The molecule has 0 saturated heterocycles. The van der Waals surface area contributed by atoms with E-state index in [4.69, 9.17) is 5.73 Å². The summed E-state index contributed by atoms with van der Waals surface area (Å²) in [6.45, 7) is 2.22. The molecule has 1 heterocycles. The summed E-state index contributed by atoms with van der Waals surface area (Å²) in [7, 11) is 0. The molecule has 12 heavy (non-hydrogen) atoms. The Balaban J connectivity index is 2.46. The van der Waals surface area contributed by atoms with Crippen molar-refractivity contribution in [3.8, 4) is 0 Å². The number of nitrogens with zero attached hydrogens (tertiary/aromatic N) is 1. The monoisotopic (exact) mass is 168 g/mol. The van der Waals surface area contributed by atoms with Gasteiger partial charge in [0.05, 0.1) is 0 Å². The number of nitrogens with two attached hydrogens (primary N) is 1. The first kappa shape index (κ1) is 8.73. The fourth-order valence-electron chi connectivity index (χ4n) is 0.819. The number of amides is 1. The van der Waals surface area contributed by atoms with Crippen LogP contribution in [0.4, 0.5) is 5.82 Å². The van der Waals surface area contributed by atoms with Gasteiger partial charge in [-0.1, -0.05) is 0 Å². The van der Waals surface area contributed by atoms with Crippen LogP contribution in [0.15, 0.2) is 6.07 Å². The van der Waals surface area contributed by atoms with Crippen molar-refractivity contribution in [3.63, 3.8) is 0 Å². The maximum atomic E-state index is 11.0. The van der Waals surface area contributed by atoms with Gasteiger partial charge in [0.2, 0.25) is 5.91 Å². The number of rotatable bonds is 3. The quantitative estimate of drug-likeness (QED) is 0.594. The third-order valence-corrected chi connectivity index (χ3v) is 1.34. The highest BCUT2D eigenvalue weighted by Crippen LogP contribution is 2.03. The number of hydrogen-bond acceptors (Lipinski definition) is 3. The molecule has 66 valence electrons. The molecule has 0 spiro atoms. The molecule has 1 aromatic rings. The summed E-state index contributed by atoms with van der Waals surface area (Å²) in [6.07, 6.45) is 0.325. The summed E-state index contributed by atoms with van der Waals surface area (Å²) in [6, 6.07) is 1.76. The molecule has 0 aliphatic rings. The van der Waals surface area contributed by atoms with Gasteiger partial charge in [-0.15, -0.1) is 0 Å². The molecule has 1 aromatic heterocycles. The zero-order valence-corrected chi connectivity index (χ0v) is 6.92. The van der Waals surface area contributed by atoms with E-state index >= 15 is 0 Å². The maximum Gasteiger partial charge on any atom is 0.226 e. The fourth-order valence-corrected chi connectivity index (χ4v) is 0.819. The summed E-state index contributed by atoms with van der Waals surface area (Å²) in [5, 5.41) is 9.16. The normalized spacial score (nSPS) is 9.83. The van der Waals surface area contributed by atoms with Crippen molar-refractivity contribution in [3.05, 3.63) is 11.8 Å². The minimum Gasteiger partial charge on any atom is -0.330 e. The summed E-state index contributed by atoms with van der Waals surface area (Å²) >= 11 is 0. The van der Waals surface area contributed by atoms with Gasteiger partial charge in [0.15, 0.2) is 5.82 Å². The molecule has 0 aliphatic heterocycles. The van der Waals surface area contributed by atoms with Crippen molar-refractivity contribution in [1.29, 1.82) is 0 Å². The number of carbonyl (C=O) groups is 1. The lowest BCUT2D eigenvalue weighted by atomic mass is 10.4. The molecule has 0 aromatic carbocycles. The molecule has 4 N–H and O–H groups in total. The lowest BCUT2D eigenvalue weighted by Crippen LogP contribution is -2.16. The molecule has 5 nitrogen and oxygen atoms in total. The average molecular weight is 168 g/mol. The smallest absolute Gasteiger partial charge is 0.226 e. The van der Waals surface area contributed by atoms with Gasteiger partial charge < -0.3 is 11.1 Å². The third kappa shape index (κ3) is 2.35. The Morgan fingerprint density at radius 3 is 3.08 bits per heavy atom. The number of H-pyrrole nitrogens is 1.